The number of hydrogen-bond donors (Lipinski definition) is 2. The van der Waals surface area contributed by atoms with Crippen LogP contribution in [0.5, 0.6) is 0 Å². The largest absolute Gasteiger partial charge is 0.394 e. The van der Waals surface area contributed by atoms with Crippen LogP contribution in [0.25, 0.3) is 0 Å². The van der Waals surface area contributed by atoms with E-state index in [0.717, 1.165) is 11.6 Å². The molecule has 1 aromatic rings. The van der Waals surface area contributed by atoms with Gasteiger partial charge in [0.25, 0.3) is 0 Å². The molecule has 1 heterocycles. The van der Waals surface area contributed by atoms with E-state index in [2.05, 4.69) is 16.5 Å². The fourth-order valence-electron chi connectivity index (χ4n) is 1.66. The first-order valence-corrected chi connectivity index (χ1v) is 4.62. The van der Waals surface area contributed by atoms with Gasteiger partial charge in [0.15, 0.2) is 0 Å². The predicted molar refractivity (Wildman–Crippen MR) is 49.1 cm³/mol. The molecule has 0 spiro atoms. The van der Waals surface area contributed by atoms with Crippen molar-refractivity contribution in [3.8, 4) is 0 Å². The van der Waals surface area contributed by atoms with Crippen LogP contribution in [-0.4, -0.2) is 21.3 Å². The Morgan fingerprint density at radius 3 is 3.08 bits per heavy atom. The maximum Gasteiger partial charge on any atom is 0.0951 e. The molecule has 4 heteroatoms. The quantitative estimate of drug-likeness (QED) is 0.712. The summed E-state index contributed by atoms with van der Waals surface area (Å²) in [5.41, 5.74) is 6.68. The van der Waals surface area contributed by atoms with Gasteiger partial charge in [-0.25, -0.2) is 4.98 Å². The van der Waals surface area contributed by atoms with Crippen molar-refractivity contribution in [3.63, 3.8) is 0 Å². The van der Waals surface area contributed by atoms with Gasteiger partial charge in [0.2, 0.25) is 0 Å². The van der Waals surface area contributed by atoms with Gasteiger partial charge in [-0.1, -0.05) is 6.92 Å². The fraction of sp³-hybridized carbons (Fsp3) is 0.667. The number of aliphatic hydroxyl groups excluding tert-OH is 1. The molecular formula is C9H15N3O. The van der Waals surface area contributed by atoms with Crippen LogP contribution in [0.4, 0.5) is 0 Å². The topological polar surface area (TPSA) is 64.1 Å². The van der Waals surface area contributed by atoms with E-state index in [-0.39, 0.29) is 12.6 Å². The summed E-state index contributed by atoms with van der Waals surface area (Å²) >= 11 is 0. The lowest BCUT2D eigenvalue weighted by Gasteiger charge is -2.11. The third kappa shape index (κ3) is 1.47. The smallest absolute Gasteiger partial charge is 0.0951 e. The van der Waals surface area contributed by atoms with Crippen molar-refractivity contribution in [1.82, 2.24) is 9.55 Å². The molecule has 3 N–H and O–H groups in total. The Morgan fingerprint density at radius 1 is 1.85 bits per heavy atom. The Morgan fingerprint density at radius 2 is 2.54 bits per heavy atom. The summed E-state index contributed by atoms with van der Waals surface area (Å²) in [6.07, 6.45) is 4.74. The zero-order chi connectivity index (χ0) is 9.42. The first-order chi connectivity index (χ1) is 6.24. The van der Waals surface area contributed by atoms with Gasteiger partial charge in [-0.2, -0.15) is 0 Å². The highest BCUT2D eigenvalue weighted by atomic mass is 16.3. The normalized spacial score (nSPS) is 28.8. The van der Waals surface area contributed by atoms with E-state index in [1.807, 2.05) is 0 Å². The standard InChI is InChI=1S/C9H15N3O/c1-6-2-8(6)12-5-11-3-9(12)7(10)4-13/h3,5-8,13H,2,4,10H2,1H3. The molecule has 0 amide bonds. The summed E-state index contributed by atoms with van der Waals surface area (Å²) in [6.45, 7) is 2.19. The maximum atomic E-state index is 8.93. The monoisotopic (exact) mass is 181 g/mol. The van der Waals surface area contributed by atoms with Crippen LogP contribution in [0.3, 0.4) is 0 Å². The molecule has 1 aliphatic carbocycles. The average molecular weight is 181 g/mol. The minimum absolute atomic E-state index is 0.0210. The van der Waals surface area contributed by atoms with Crippen molar-refractivity contribution in [2.24, 2.45) is 11.7 Å². The average Bonchev–Trinajstić information content (AvgIpc) is 2.69. The van der Waals surface area contributed by atoms with Crippen LogP contribution < -0.4 is 5.73 Å². The number of aliphatic hydroxyl groups is 1. The molecule has 3 atom stereocenters. The summed E-state index contributed by atoms with van der Waals surface area (Å²) < 4.78 is 2.09. The molecule has 0 aromatic carbocycles. The highest BCUT2D eigenvalue weighted by Gasteiger charge is 2.35. The molecule has 1 aromatic heterocycles. The van der Waals surface area contributed by atoms with E-state index in [0.29, 0.717) is 6.04 Å². The predicted octanol–water partition coefficient (Wildman–Crippen LogP) is 0.456. The molecule has 0 radical (unpaired) electrons. The number of nitrogens with two attached hydrogens (primary N) is 1. The van der Waals surface area contributed by atoms with Gasteiger partial charge in [0, 0.05) is 12.2 Å². The molecular weight excluding hydrogens is 166 g/mol. The summed E-state index contributed by atoms with van der Waals surface area (Å²) in [5.74, 6) is 0.721. The SMILES string of the molecule is CC1CC1n1cncc1C(N)CO. The molecule has 0 saturated heterocycles. The van der Waals surface area contributed by atoms with Crippen LogP contribution in [0, 0.1) is 5.92 Å². The van der Waals surface area contributed by atoms with Gasteiger partial charge in [-0.05, 0) is 12.3 Å². The zero-order valence-electron chi connectivity index (χ0n) is 7.72. The summed E-state index contributed by atoms with van der Waals surface area (Å²) in [6, 6.07) is 0.255. The maximum absolute atomic E-state index is 8.93. The van der Waals surface area contributed by atoms with Crippen LogP contribution in [0.2, 0.25) is 0 Å². The molecule has 0 aliphatic heterocycles. The van der Waals surface area contributed by atoms with Crippen molar-refractivity contribution >= 4 is 0 Å². The summed E-state index contributed by atoms with van der Waals surface area (Å²) in [4.78, 5) is 4.06. The molecule has 13 heavy (non-hydrogen) atoms. The fourth-order valence-corrected chi connectivity index (χ4v) is 1.66. The Hall–Kier alpha value is -0.870. The second-order valence-corrected chi connectivity index (χ2v) is 3.80. The van der Waals surface area contributed by atoms with E-state index < -0.39 is 0 Å². The highest BCUT2D eigenvalue weighted by Crippen LogP contribution is 2.43. The first kappa shape index (κ1) is 8.72. The van der Waals surface area contributed by atoms with E-state index >= 15 is 0 Å². The van der Waals surface area contributed by atoms with Crippen LogP contribution in [0.15, 0.2) is 12.5 Å². The minimum atomic E-state index is -0.296. The lowest BCUT2D eigenvalue weighted by molar-refractivity contribution is 0.263. The minimum Gasteiger partial charge on any atom is -0.394 e. The molecule has 2 rings (SSSR count). The molecule has 3 unspecified atom stereocenters. The molecule has 0 bridgehead atoms. The highest BCUT2D eigenvalue weighted by molar-refractivity contribution is 5.09. The molecule has 1 aliphatic rings. The van der Waals surface area contributed by atoms with Gasteiger partial charge < -0.3 is 15.4 Å². The summed E-state index contributed by atoms with van der Waals surface area (Å²) in [7, 11) is 0. The second-order valence-electron chi connectivity index (χ2n) is 3.80. The van der Waals surface area contributed by atoms with Crippen molar-refractivity contribution in [2.45, 2.75) is 25.4 Å². The van der Waals surface area contributed by atoms with Gasteiger partial charge in [0.1, 0.15) is 0 Å². The Labute approximate surface area is 77.4 Å². The van der Waals surface area contributed by atoms with Crippen molar-refractivity contribution < 1.29 is 5.11 Å². The Bertz CT molecular complexity index is 278. The Kier molecular flexibility index (Phi) is 2.09. The van der Waals surface area contributed by atoms with Crippen LogP contribution >= 0.6 is 0 Å². The van der Waals surface area contributed by atoms with Crippen LogP contribution in [-0.2, 0) is 0 Å². The van der Waals surface area contributed by atoms with E-state index in [1.54, 1.807) is 12.5 Å². The lowest BCUT2D eigenvalue weighted by atomic mass is 10.2. The Balaban J connectivity index is 2.21. The second kappa shape index (κ2) is 3.12. The van der Waals surface area contributed by atoms with E-state index in [9.17, 15) is 0 Å². The zero-order valence-corrected chi connectivity index (χ0v) is 7.72. The third-order valence-corrected chi connectivity index (χ3v) is 2.70. The van der Waals surface area contributed by atoms with Crippen LogP contribution in [0.1, 0.15) is 31.1 Å². The number of nitrogens with zero attached hydrogens (tertiary/aromatic N) is 2. The van der Waals surface area contributed by atoms with Gasteiger partial charge in [0.05, 0.1) is 24.7 Å². The number of hydrogen-bond acceptors (Lipinski definition) is 3. The van der Waals surface area contributed by atoms with E-state index in [4.69, 9.17) is 10.8 Å². The van der Waals surface area contributed by atoms with Crippen molar-refractivity contribution in [2.75, 3.05) is 6.61 Å². The number of aromatic nitrogens is 2. The lowest BCUT2D eigenvalue weighted by Crippen LogP contribution is -2.18. The van der Waals surface area contributed by atoms with Gasteiger partial charge in [-0.15, -0.1) is 0 Å². The third-order valence-electron chi connectivity index (χ3n) is 2.70. The first-order valence-electron chi connectivity index (χ1n) is 4.62. The van der Waals surface area contributed by atoms with Crippen molar-refractivity contribution in [3.05, 3.63) is 18.2 Å². The molecule has 1 saturated carbocycles. The van der Waals surface area contributed by atoms with Crippen molar-refractivity contribution in [1.29, 1.82) is 0 Å². The van der Waals surface area contributed by atoms with Gasteiger partial charge in [-0.3, -0.25) is 0 Å². The summed E-state index contributed by atoms with van der Waals surface area (Å²) in [5, 5.41) is 8.93. The van der Waals surface area contributed by atoms with E-state index in [1.165, 1.54) is 6.42 Å². The molecule has 4 nitrogen and oxygen atoms in total. The molecule has 72 valence electrons. The molecule has 1 fully saturated rings. The van der Waals surface area contributed by atoms with Gasteiger partial charge >= 0.3 is 0 Å². The number of imidazole rings is 1. The number of rotatable bonds is 3.